The van der Waals surface area contributed by atoms with Gasteiger partial charge in [0, 0.05) is 5.41 Å². The molecule has 2 unspecified atom stereocenters. The average Bonchev–Trinajstić information content (AvgIpc) is 2.79. The van der Waals surface area contributed by atoms with Crippen LogP contribution in [0.25, 0.3) is 0 Å². The number of hydrogen-bond donors (Lipinski definition) is 6. The maximum absolute atomic E-state index is 12.1. The highest BCUT2D eigenvalue weighted by Crippen LogP contribution is 2.30. The number of ether oxygens (including phenoxy) is 1. The molecule has 2 atom stereocenters. The van der Waals surface area contributed by atoms with Gasteiger partial charge in [-0.2, -0.15) is 0 Å². The van der Waals surface area contributed by atoms with Crippen molar-refractivity contribution in [2.45, 2.75) is 84.2 Å². The van der Waals surface area contributed by atoms with Crippen LogP contribution in [0.4, 0.5) is 0 Å². The largest absolute Gasteiger partial charge is 0.481 e. The summed E-state index contributed by atoms with van der Waals surface area (Å²) in [4.78, 5) is 45.2. The van der Waals surface area contributed by atoms with E-state index in [1.807, 2.05) is 0 Å². The first-order valence-electron chi connectivity index (χ1n) is 12.1. The molecule has 0 fully saturated rings. The van der Waals surface area contributed by atoms with E-state index < -0.39 is 42.4 Å². The molecule has 34 heavy (non-hydrogen) atoms. The molecule has 6 N–H and O–H groups in total. The van der Waals surface area contributed by atoms with Gasteiger partial charge >= 0.3 is 23.9 Å². The fraction of sp³-hybridized carbons (Fsp3) is 0.826. The van der Waals surface area contributed by atoms with Gasteiger partial charge in [-0.25, -0.2) is 0 Å². The molecule has 0 aliphatic heterocycles. The smallest absolute Gasteiger partial charge is 0.321 e. The van der Waals surface area contributed by atoms with Gasteiger partial charge in [0.05, 0.1) is 19.4 Å². The Bertz CT molecular complexity index is 617. The molecule has 0 aromatic heterocycles. The first kappa shape index (κ1) is 31.8. The Kier molecular flexibility index (Phi) is 16.9. The Morgan fingerprint density at radius 2 is 1.21 bits per heavy atom. The molecule has 0 heterocycles. The van der Waals surface area contributed by atoms with Crippen molar-refractivity contribution >= 4 is 23.9 Å². The molecule has 0 radical (unpaired) electrons. The number of esters is 1. The van der Waals surface area contributed by atoms with Crippen molar-refractivity contribution in [1.82, 2.24) is 16.0 Å². The van der Waals surface area contributed by atoms with Gasteiger partial charge in [0.1, 0.15) is 12.1 Å². The van der Waals surface area contributed by atoms with Gasteiger partial charge in [-0.3, -0.25) is 19.2 Å². The predicted molar refractivity (Wildman–Crippen MR) is 127 cm³/mol. The Balaban J connectivity index is 4.01. The Morgan fingerprint density at radius 3 is 1.71 bits per heavy atom. The van der Waals surface area contributed by atoms with Crippen molar-refractivity contribution in [3.8, 4) is 0 Å². The summed E-state index contributed by atoms with van der Waals surface area (Å²) in [6.45, 7) is 8.66. The van der Waals surface area contributed by atoms with Crippen LogP contribution in [0.3, 0.4) is 0 Å². The lowest BCUT2D eigenvalue weighted by Crippen LogP contribution is -2.40. The van der Waals surface area contributed by atoms with Gasteiger partial charge in [0.15, 0.2) is 0 Å². The van der Waals surface area contributed by atoms with Crippen LogP contribution in [0.5, 0.6) is 0 Å². The highest BCUT2D eigenvalue weighted by atomic mass is 16.5. The van der Waals surface area contributed by atoms with Crippen molar-refractivity contribution in [3.05, 3.63) is 0 Å². The molecule has 0 aliphatic carbocycles. The Hall–Kier alpha value is -2.24. The van der Waals surface area contributed by atoms with Gasteiger partial charge in [0.2, 0.25) is 0 Å². The molecule has 0 saturated carbocycles. The zero-order valence-electron chi connectivity index (χ0n) is 20.7. The van der Waals surface area contributed by atoms with E-state index in [9.17, 15) is 24.3 Å². The third-order valence-electron chi connectivity index (χ3n) is 6.23. The number of carbonyl (C=O) groups excluding carboxylic acids is 1. The van der Waals surface area contributed by atoms with Crippen molar-refractivity contribution in [1.29, 1.82) is 0 Å². The van der Waals surface area contributed by atoms with Crippen LogP contribution in [0.15, 0.2) is 0 Å². The van der Waals surface area contributed by atoms with Crippen LogP contribution < -0.4 is 16.0 Å². The van der Waals surface area contributed by atoms with E-state index >= 15 is 0 Å². The molecule has 198 valence electrons. The second-order valence-corrected chi connectivity index (χ2v) is 8.52. The van der Waals surface area contributed by atoms with E-state index in [0.717, 1.165) is 25.7 Å². The normalized spacial score (nSPS) is 13.3. The summed E-state index contributed by atoms with van der Waals surface area (Å²) >= 11 is 0. The quantitative estimate of drug-likeness (QED) is 0.0959. The van der Waals surface area contributed by atoms with Crippen molar-refractivity contribution in [2.75, 3.05) is 32.8 Å². The third-order valence-corrected chi connectivity index (χ3v) is 6.23. The molecule has 11 nitrogen and oxygen atoms in total. The minimum absolute atomic E-state index is 0.0556. The van der Waals surface area contributed by atoms with Gasteiger partial charge < -0.3 is 36.0 Å². The number of carbonyl (C=O) groups is 4. The molecule has 0 amide bonds. The molecule has 0 aromatic rings. The monoisotopic (exact) mass is 489 g/mol. The van der Waals surface area contributed by atoms with Crippen molar-refractivity contribution in [2.24, 2.45) is 5.41 Å². The summed E-state index contributed by atoms with van der Waals surface area (Å²) < 4.78 is 5.38. The first-order valence-corrected chi connectivity index (χ1v) is 12.1. The van der Waals surface area contributed by atoms with Crippen LogP contribution in [-0.4, -0.2) is 84.1 Å². The summed E-state index contributed by atoms with van der Waals surface area (Å²) in [7, 11) is 0. The number of carboxylic acid groups (broad SMARTS) is 3. The van der Waals surface area contributed by atoms with E-state index in [-0.39, 0.29) is 11.8 Å². The summed E-state index contributed by atoms with van der Waals surface area (Å²) in [6, 6.07) is -2.09. The number of rotatable bonds is 22. The van der Waals surface area contributed by atoms with Crippen LogP contribution in [0, 0.1) is 5.41 Å². The summed E-state index contributed by atoms with van der Waals surface area (Å²) in [5.74, 6) is -3.95. The lowest BCUT2D eigenvalue weighted by molar-refractivity contribution is -0.152. The molecule has 0 rings (SSSR count). The van der Waals surface area contributed by atoms with E-state index in [2.05, 4.69) is 36.7 Å². The van der Waals surface area contributed by atoms with Gasteiger partial charge in [0.25, 0.3) is 0 Å². The third kappa shape index (κ3) is 14.1. The first-order chi connectivity index (χ1) is 16.1. The molecule has 0 bridgehead atoms. The number of hydrogen-bond acceptors (Lipinski definition) is 8. The number of nitrogens with one attached hydrogen (secondary N) is 3. The SMILES string of the molecule is CCC(CC)(CC)COC(=O)CC(NCCCNCCCCNC(CC(=O)O)C(=O)O)C(=O)O. The molecule has 0 aromatic carbocycles. The maximum atomic E-state index is 12.1. The molecule has 0 saturated heterocycles. The second kappa shape index (κ2) is 18.1. The highest BCUT2D eigenvalue weighted by Gasteiger charge is 2.27. The van der Waals surface area contributed by atoms with Crippen LogP contribution in [0.1, 0.15) is 72.1 Å². The molecule has 0 spiro atoms. The van der Waals surface area contributed by atoms with E-state index in [4.69, 9.17) is 14.9 Å². The standard InChI is InChI=1S/C23H43N3O8/c1-4-23(5-2,6-3)16-34-20(29)15-18(22(32)33)26-13-9-11-24-10-7-8-12-25-17(21(30)31)14-19(27)28/h17-18,24-26H,4-16H2,1-3H3,(H,27,28)(H,30,31)(H,32,33). The maximum Gasteiger partial charge on any atom is 0.321 e. The van der Waals surface area contributed by atoms with Crippen molar-refractivity contribution in [3.63, 3.8) is 0 Å². The molecule has 11 heteroatoms. The Morgan fingerprint density at radius 1 is 0.735 bits per heavy atom. The van der Waals surface area contributed by atoms with Crippen LogP contribution in [0.2, 0.25) is 0 Å². The minimum Gasteiger partial charge on any atom is -0.481 e. The number of carboxylic acids is 3. The van der Waals surface area contributed by atoms with E-state index in [1.165, 1.54) is 0 Å². The molecular weight excluding hydrogens is 446 g/mol. The van der Waals surface area contributed by atoms with Crippen LogP contribution in [-0.2, 0) is 23.9 Å². The highest BCUT2D eigenvalue weighted by molar-refractivity contribution is 5.81. The topological polar surface area (TPSA) is 174 Å². The number of unbranched alkanes of at least 4 members (excludes halogenated alkanes) is 1. The van der Waals surface area contributed by atoms with E-state index in [1.54, 1.807) is 0 Å². The zero-order chi connectivity index (χ0) is 26.0. The summed E-state index contributed by atoms with van der Waals surface area (Å²) in [5.41, 5.74) is -0.0556. The lowest BCUT2D eigenvalue weighted by Gasteiger charge is -2.29. The lowest BCUT2D eigenvalue weighted by atomic mass is 9.81. The van der Waals surface area contributed by atoms with E-state index in [0.29, 0.717) is 45.6 Å². The van der Waals surface area contributed by atoms with Gasteiger partial charge in [-0.15, -0.1) is 0 Å². The zero-order valence-corrected chi connectivity index (χ0v) is 20.7. The number of aliphatic carboxylic acids is 3. The summed E-state index contributed by atoms with van der Waals surface area (Å²) in [6.07, 6.45) is 4.13. The average molecular weight is 490 g/mol. The fourth-order valence-electron chi connectivity index (χ4n) is 3.45. The second-order valence-electron chi connectivity index (χ2n) is 8.52. The molecule has 0 aliphatic rings. The van der Waals surface area contributed by atoms with Gasteiger partial charge in [-0.05, 0) is 64.7 Å². The fourth-order valence-corrected chi connectivity index (χ4v) is 3.45. The van der Waals surface area contributed by atoms with Crippen molar-refractivity contribution < 1.29 is 39.2 Å². The predicted octanol–water partition coefficient (Wildman–Crippen LogP) is 1.46. The minimum atomic E-state index is -1.18. The summed E-state index contributed by atoms with van der Waals surface area (Å²) in [5, 5.41) is 35.8. The Labute approximate surface area is 202 Å². The van der Waals surface area contributed by atoms with Crippen LogP contribution >= 0.6 is 0 Å². The van der Waals surface area contributed by atoms with Gasteiger partial charge in [-0.1, -0.05) is 20.8 Å². The molecular formula is C23H43N3O8.